The lowest BCUT2D eigenvalue weighted by Crippen LogP contribution is -2.39. The van der Waals surface area contributed by atoms with E-state index in [2.05, 4.69) is 10.5 Å². The molecule has 4 N–H and O–H groups in total. The maximum Gasteiger partial charge on any atom is 0.255 e. The van der Waals surface area contributed by atoms with Crippen molar-refractivity contribution in [3.05, 3.63) is 29.8 Å². The molecule has 1 heterocycles. The zero-order chi connectivity index (χ0) is 13.7. The first-order valence-electron chi connectivity index (χ1n) is 5.79. The van der Waals surface area contributed by atoms with Gasteiger partial charge in [0, 0.05) is 11.3 Å². The molecular formula is C12H15N3O4. The van der Waals surface area contributed by atoms with Crippen molar-refractivity contribution in [2.24, 2.45) is 10.9 Å². The number of anilines is 1. The number of oxime groups is 1. The van der Waals surface area contributed by atoms with Crippen LogP contribution in [0.25, 0.3) is 0 Å². The molecule has 0 bridgehead atoms. The van der Waals surface area contributed by atoms with Crippen molar-refractivity contribution >= 4 is 17.4 Å². The van der Waals surface area contributed by atoms with Crippen molar-refractivity contribution in [3.8, 4) is 0 Å². The molecule has 1 aliphatic heterocycles. The molecule has 1 unspecified atom stereocenters. The van der Waals surface area contributed by atoms with Gasteiger partial charge in [0.05, 0.1) is 19.8 Å². The average Bonchev–Trinajstić information content (AvgIpc) is 2.48. The number of benzene rings is 1. The number of amides is 1. The van der Waals surface area contributed by atoms with Gasteiger partial charge in [-0.1, -0.05) is 5.16 Å². The average molecular weight is 265 g/mol. The zero-order valence-corrected chi connectivity index (χ0v) is 10.2. The smallest absolute Gasteiger partial charge is 0.255 e. The zero-order valence-electron chi connectivity index (χ0n) is 10.2. The van der Waals surface area contributed by atoms with Gasteiger partial charge in [-0.15, -0.1) is 0 Å². The first-order valence-corrected chi connectivity index (χ1v) is 5.79. The van der Waals surface area contributed by atoms with Gasteiger partial charge in [-0.2, -0.15) is 0 Å². The quantitative estimate of drug-likeness (QED) is 0.312. The number of carbonyl (C=O) groups excluding carboxylic acids is 1. The molecule has 1 aromatic rings. The van der Waals surface area contributed by atoms with Gasteiger partial charge in [0.25, 0.3) is 5.91 Å². The SMILES string of the molecule is NC(=NO)c1ccc(NC(=O)C2COCCO2)cc1. The van der Waals surface area contributed by atoms with Gasteiger partial charge in [0.1, 0.15) is 0 Å². The van der Waals surface area contributed by atoms with Gasteiger partial charge in [-0.3, -0.25) is 4.79 Å². The Kier molecular flexibility index (Phi) is 4.32. The molecule has 0 saturated carbocycles. The molecular weight excluding hydrogens is 250 g/mol. The highest BCUT2D eigenvalue weighted by Gasteiger charge is 2.22. The van der Waals surface area contributed by atoms with E-state index in [1.54, 1.807) is 24.3 Å². The molecule has 0 aliphatic carbocycles. The summed E-state index contributed by atoms with van der Waals surface area (Å²) in [4.78, 5) is 11.8. The predicted molar refractivity (Wildman–Crippen MR) is 68.1 cm³/mol. The summed E-state index contributed by atoms with van der Waals surface area (Å²) < 4.78 is 10.4. The Morgan fingerprint density at radius 2 is 2.11 bits per heavy atom. The standard InChI is InChI=1S/C12H15N3O4/c13-11(15-17)8-1-3-9(4-2-8)14-12(16)10-7-18-5-6-19-10/h1-4,10,17H,5-7H2,(H2,13,15)(H,14,16). The molecule has 2 rings (SSSR count). The number of carbonyl (C=O) groups is 1. The molecule has 0 spiro atoms. The highest BCUT2D eigenvalue weighted by molar-refractivity contribution is 5.98. The Morgan fingerprint density at radius 1 is 1.37 bits per heavy atom. The molecule has 19 heavy (non-hydrogen) atoms. The van der Waals surface area contributed by atoms with E-state index in [0.717, 1.165) is 0 Å². The van der Waals surface area contributed by atoms with Crippen molar-refractivity contribution in [1.82, 2.24) is 0 Å². The fourth-order valence-electron chi connectivity index (χ4n) is 1.64. The maximum absolute atomic E-state index is 11.8. The van der Waals surface area contributed by atoms with Crippen molar-refractivity contribution in [1.29, 1.82) is 0 Å². The molecule has 1 atom stereocenters. The number of nitrogens with one attached hydrogen (secondary N) is 1. The fourth-order valence-corrected chi connectivity index (χ4v) is 1.64. The molecule has 1 amide bonds. The van der Waals surface area contributed by atoms with E-state index in [9.17, 15) is 4.79 Å². The fraction of sp³-hybridized carbons (Fsp3) is 0.333. The van der Waals surface area contributed by atoms with E-state index in [-0.39, 0.29) is 18.3 Å². The number of hydrogen-bond donors (Lipinski definition) is 3. The van der Waals surface area contributed by atoms with E-state index in [1.165, 1.54) is 0 Å². The van der Waals surface area contributed by atoms with Crippen LogP contribution in [0.1, 0.15) is 5.56 Å². The van der Waals surface area contributed by atoms with Crippen molar-refractivity contribution in [2.45, 2.75) is 6.10 Å². The molecule has 1 fully saturated rings. The summed E-state index contributed by atoms with van der Waals surface area (Å²) in [5.41, 5.74) is 6.61. The minimum Gasteiger partial charge on any atom is -0.409 e. The number of nitrogens with zero attached hydrogens (tertiary/aromatic N) is 1. The monoisotopic (exact) mass is 265 g/mol. The van der Waals surface area contributed by atoms with Gasteiger partial charge in [0.15, 0.2) is 11.9 Å². The van der Waals surface area contributed by atoms with E-state index in [4.69, 9.17) is 20.4 Å². The Bertz CT molecular complexity index is 466. The van der Waals surface area contributed by atoms with Gasteiger partial charge in [0.2, 0.25) is 0 Å². The summed E-state index contributed by atoms with van der Waals surface area (Å²) >= 11 is 0. The van der Waals surface area contributed by atoms with Crippen LogP contribution in [-0.4, -0.2) is 42.9 Å². The van der Waals surface area contributed by atoms with Gasteiger partial charge in [-0.25, -0.2) is 0 Å². The van der Waals surface area contributed by atoms with Crippen LogP contribution in [0.2, 0.25) is 0 Å². The summed E-state index contributed by atoms with van der Waals surface area (Å²) in [6, 6.07) is 6.61. The lowest BCUT2D eigenvalue weighted by Gasteiger charge is -2.22. The highest BCUT2D eigenvalue weighted by atomic mass is 16.6. The van der Waals surface area contributed by atoms with Gasteiger partial charge in [-0.05, 0) is 24.3 Å². The molecule has 7 nitrogen and oxygen atoms in total. The minimum atomic E-state index is -0.586. The largest absolute Gasteiger partial charge is 0.409 e. The number of hydrogen-bond acceptors (Lipinski definition) is 5. The topological polar surface area (TPSA) is 106 Å². The van der Waals surface area contributed by atoms with Gasteiger partial charge < -0.3 is 25.7 Å². The van der Waals surface area contributed by atoms with Crippen LogP contribution in [0.15, 0.2) is 29.4 Å². The summed E-state index contributed by atoms with van der Waals surface area (Å²) in [6.07, 6.45) is -0.586. The van der Waals surface area contributed by atoms with Crippen LogP contribution in [-0.2, 0) is 14.3 Å². The normalized spacial score (nSPS) is 20.0. The third-order valence-corrected chi connectivity index (χ3v) is 2.66. The Balaban J connectivity index is 1.97. The van der Waals surface area contributed by atoms with E-state index >= 15 is 0 Å². The number of rotatable bonds is 3. The molecule has 1 aromatic carbocycles. The highest BCUT2D eigenvalue weighted by Crippen LogP contribution is 2.11. The minimum absolute atomic E-state index is 0.0156. The predicted octanol–water partition coefficient (Wildman–Crippen LogP) is 0.135. The summed E-state index contributed by atoms with van der Waals surface area (Å²) in [5, 5.41) is 14.1. The maximum atomic E-state index is 11.8. The molecule has 102 valence electrons. The van der Waals surface area contributed by atoms with Crippen molar-refractivity contribution in [3.63, 3.8) is 0 Å². The van der Waals surface area contributed by atoms with Gasteiger partial charge >= 0.3 is 0 Å². The molecule has 1 saturated heterocycles. The van der Waals surface area contributed by atoms with E-state index < -0.39 is 6.10 Å². The Hall–Kier alpha value is -2.12. The third-order valence-electron chi connectivity index (χ3n) is 2.66. The number of ether oxygens (including phenoxy) is 2. The van der Waals surface area contributed by atoms with Crippen LogP contribution < -0.4 is 11.1 Å². The lowest BCUT2D eigenvalue weighted by atomic mass is 10.2. The van der Waals surface area contributed by atoms with Crippen molar-refractivity contribution < 1.29 is 19.5 Å². The molecule has 0 aromatic heterocycles. The Labute approximate surface area is 110 Å². The third kappa shape index (κ3) is 3.43. The van der Waals surface area contributed by atoms with Crippen LogP contribution in [0.5, 0.6) is 0 Å². The van der Waals surface area contributed by atoms with Crippen LogP contribution >= 0.6 is 0 Å². The Morgan fingerprint density at radius 3 is 2.68 bits per heavy atom. The van der Waals surface area contributed by atoms with E-state index in [0.29, 0.717) is 24.5 Å². The van der Waals surface area contributed by atoms with Crippen LogP contribution in [0.3, 0.4) is 0 Å². The first-order chi connectivity index (χ1) is 9.20. The number of amidine groups is 1. The molecule has 7 heteroatoms. The van der Waals surface area contributed by atoms with Crippen molar-refractivity contribution in [2.75, 3.05) is 25.1 Å². The molecule has 1 aliphatic rings. The second-order valence-corrected chi connectivity index (χ2v) is 3.99. The number of nitrogens with two attached hydrogens (primary N) is 1. The summed E-state index contributed by atoms with van der Waals surface area (Å²) in [6.45, 7) is 1.19. The van der Waals surface area contributed by atoms with E-state index in [1.807, 2.05) is 0 Å². The van der Waals surface area contributed by atoms with Crippen LogP contribution in [0, 0.1) is 0 Å². The second-order valence-electron chi connectivity index (χ2n) is 3.99. The first kappa shape index (κ1) is 13.3. The summed E-state index contributed by atoms with van der Waals surface area (Å²) in [7, 11) is 0. The summed E-state index contributed by atoms with van der Waals surface area (Å²) in [5.74, 6) is -0.238. The van der Waals surface area contributed by atoms with Crippen LogP contribution in [0.4, 0.5) is 5.69 Å². The second kappa shape index (κ2) is 6.17. The lowest BCUT2D eigenvalue weighted by molar-refractivity contribution is -0.142. The molecule has 0 radical (unpaired) electrons.